The van der Waals surface area contributed by atoms with Gasteiger partial charge in [-0.2, -0.15) is 0 Å². The molecule has 0 unspecified atom stereocenters. The van der Waals surface area contributed by atoms with Gasteiger partial charge < -0.3 is 20.4 Å². The molecule has 1 fully saturated rings. The maximum absolute atomic E-state index is 12.4. The van der Waals surface area contributed by atoms with Crippen molar-refractivity contribution < 1.29 is 19.4 Å². The molecule has 0 radical (unpaired) electrons. The van der Waals surface area contributed by atoms with Gasteiger partial charge in [0.1, 0.15) is 26.2 Å². The Morgan fingerprint density at radius 3 is 2.24 bits per heavy atom. The van der Waals surface area contributed by atoms with E-state index in [9.17, 15) is 9.59 Å². The van der Waals surface area contributed by atoms with Gasteiger partial charge in [-0.1, -0.05) is 38.3 Å². The minimum atomic E-state index is 0.0656. The Labute approximate surface area is 176 Å². The van der Waals surface area contributed by atoms with Crippen LogP contribution in [0.1, 0.15) is 50.7 Å². The number of nitrogens with one attached hydrogen (secondary N) is 4. The minimum absolute atomic E-state index is 0.0656. The molecule has 0 saturated carbocycles. The fourth-order valence-corrected chi connectivity index (χ4v) is 3.94. The molecule has 1 atom stereocenters. The molecule has 162 valence electrons. The van der Waals surface area contributed by atoms with Gasteiger partial charge in [-0.25, -0.2) is 0 Å². The SMILES string of the molecule is CCCCC[C@H](C)NC(=O)C[NH+]1CC[NH+](CC(=O)Nc2cccc(C)c2C)CC1. The Hall–Kier alpha value is -1.92. The molecule has 6 heteroatoms. The van der Waals surface area contributed by atoms with Gasteiger partial charge in [0.2, 0.25) is 0 Å². The van der Waals surface area contributed by atoms with Gasteiger partial charge in [0, 0.05) is 11.7 Å². The Balaban J connectivity index is 1.67. The number of unbranched alkanes of at least 4 members (excludes halogenated alkanes) is 2. The van der Waals surface area contributed by atoms with E-state index in [2.05, 4.69) is 37.5 Å². The van der Waals surface area contributed by atoms with E-state index in [0.717, 1.165) is 43.9 Å². The summed E-state index contributed by atoms with van der Waals surface area (Å²) in [7, 11) is 0. The average Bonchev–Trinajstić information content (AvgIpc) is 2.67. The summed E-state index contributed by atoms with van der Waals surface area (Å²) in [5, 5.41) is 6.19. The molecule has 29 heavy (non-hydrogen) atoms. The van der Waals surface area contributed by atoms with Crippen molar-refractivity contribution in [2.75, 3.05) is 44.6 Å². The van der Waals surface area contributed by atoms with Crippen LogP contribution in [0.2, 0.25) is 0 Å². The molecular formula is C23H40N4O2+2. The predicted molar refractivity (Wildman–Crippen MR) is 117 cm³/mol. The number of piperazine rings is 1. The molecule has 6 nitrogen and oxygen atoms in total. The molecule has 2 rings (SSSR count). The quantitative estimate of drug-likeness (QED) is 0.418. The van der Waals surface area contributed by atoms with Crippen LogP contribution >= 0.6 is 0 Å². The van der Waals surface area contributed by atoms with Gasteiger partial charge in [-0.3, -0.25) is 9.59 Å². The number of carbonyl (C=O) groups excluding carboxylic acids is 2. The number of aryl methyl sites for hydroxylation is 1. The van der Waals surface area contributed by atoms with E-state index < -0.39 is 0 Å². The maximum Gasteiger partial charge on any atom is 0.279 e. The molecule has 1 heterocycles. The van der Waals surface area contributed by atoms with Crippen LogP contribution in [0.5, 0.6) is 0 Å². The fourth-order valence-electron chi connectivity index (χ4n) is 3.94. The lowest BCUT2D eigenvalue weighted by atomic mass is 10.1. The molecule has 0 spiro atoms. The van der Waals surface area contributed by atoms with Crippen molar-refractivity contribution in [2.24, 2.45) is 0 Å². The van der Waals surface area contributed by atoms with Crippen LogP contribution < -0.4 is 20.4 Å². The van der Waals surface area contributed by atoms with E-state index >= 15 is 0 Å². The number of hydrogen-bond acceptors (Lipinski definition) is 2. The summed E-state index contributed by atoms with van der Waals surface area (Å²) in [4.78, 5) is 27.3. The number of benzene rings is 1. The van der Waals surface area contributed by atoms with Crippen LogP contribution in [0.25, 0.3) is 0 Å². The van der Waals surface area contributed by atoms with Crippen LogP contribution in [0.4, 0.5) is 5.69 Å². The van der Waals surface area contributed by atoms with Crippen LogP contribution in [-0.2, 0) is 9.59 Å². The Morgan fingerprint density at radius 2 is 1.62 bits per heavy atom. The second-order valence-corrected chi connectivity index (χ2v) is 8.61. The summed E-state index contributed by atoms with van der Waals surface area (Å²) in [5.74, 6) is 0.218. The third kappa shape index (κ3) is 8.15. The van der Waals surface area contributed by atoms with Crippen molar-refractivity contribution >= 4 is 17.5 Å². The molecule has 1 aromatic rings. The van der Waals surface area contributed by atoms with E-state index in [4.69, 9.17) is 0 Å². The van der Waals surface area contributed by atoms with Gasteiger partial charge in [-0.05, 0) is 44.4 Å². The largest absolute Gasteiger partial charge is 0.349 e. The van der Waals surface area contributed by atoms with Crippen molar-refractivity contribution in [1.29, 1.82) is 0 Å². The van der Waals surface area contributed by atoms with E-state index in [1.54, 1.807) is 0 Å². The maximum atomic E-state index is 12.4. The first-order chi connectivity index (χ1) is 13.9. The predicted octanol–water partition coefficient (Wildman–Crippen LogP) is 0.110. The van der Waals surface area contributed by atoms with Crippen LogP contribution in [0.15, 0.2) is 18.2 Å². The molecule has 4 N–H and O–H groups in total. The molecule has 0 aliphatic carbocycles. The summed E-state index contributed by atoms with van der Waals surface area (Å²) in [6.07, 6.45) is 4.67. The van der Waals surface area contributed by atoms with Gasteiger partial charge >= 0.3 is 0 Å². The van der Waals surface area contributed by atoms with E-state index in [1.807, 2.05) is 19.1 Å². The van der Waals surface area contributed by atoms with Gasteiger partial charge in [0.25, 0.3) is 11.8 Å². The minimum Gasteiger partial charge on any atom is -0.349 e. The molecule has 0 aromatic heterocycles. The summed E-state index contributed by atoms with van der Waals surface area (Å²) in [6, 6.07) is 6.25. The second kappa shape index (κ2) is 11.9. The van der Waals surface area contributed by atoms with Crippen LogP contribution in [-0.4, -0.2) is 57.1 Å². The van der Waals surface area contributed by atoms with Crippen molar-refractivity contribution in [3.8, 4) is 0 Å². The normalized spacial score (nSPS) is 20.1. The van der Waals surface area contributed by atoms with E-state index in [0.29, 0.717) is 13.1 Å². The van der Waals surface area contributed by atoms with Crippen molar-refractivity contribution in [3.63, 3.8) is 0 Å². The highest BCUT2D eigenvalue weighted by Gasteiger charge is 2.26. The van der Waals surface area contributed by atoms with Gasteiger partial charge in [-0.15, -0.1) is 0 Å². The van der Waals surface area contributed by atoms with Crippen molar-refractivity contribution in [2.45, 2.75) is 59.4 Å². The first-order valence-corrected chi connectivity index (χ1v) is 11.2. The molecule has 1 aliphatic heterocycles. The second-order valence-electron chi connectivity index (χ2n) is 8.61. The number of rotatable bonds is 10. The summed E-state index contributed by atoms with van der Waals surface area (Å²) in [5.41, 5.74) is 3.22. The fraction of sp³-hybridized carbons (Fsp3) is 0.652. The van der Waals surface area contributed by atoms with E-state index in [1.165, 1.54) is 34.6 Å². The molecule has 1 aliphatic rings. The standard InChI is InChI=1S/C23H38N4O2/c1-5-6-7-10-19(3)24-22(28)16-26-12-14-27(15-13-26)17-23(29)25-21-11-8-9-18(2)20(21)4/h8-9,11,19H,5-7,10,12-17H2,1-4H3,(H,24,28)(H,25,29)/p+2/t19-/m0/s1. The van der Waals surface area contributed by atoms with E-state index in [-0.39, 0.29) is 17.9 Å². The zero-order valence-electron chi connectivity index (χ0n) is 18.7. The molecule has 1 saturated heterocycles. The number of carbonyl (C=O) groups is 2. The molecular weight excluding hydrogens is 364 g/mol. The van der Waals surface area contributed by atoms with Gasteiger partial charge in [0.05, 0.1) is 0 Å². The highest BCUT2D eigenvalue weighted by atomic mass is 16.2. The smallest absolute Gasteiger partial charge is 0.279 e. The number of anilines is 1. The summed E-state index contributed by atoms with van der Waals surface area (Å²) < 4.78 is 0. The lowest BCUT2D eigenvalue weighted by molar-refractivity contribution is -1.00. The average molecular weight is 405 g/mol. The molecule has 2 amide bonds. The van der Waals surface area contributed by atoms with Gasteiger partial charge in [0.15, 0.2) is 13.1 Å². The number of quaternary nitrogens is 2. The number of hydrogen-bond donors (Lipinski definition) is 4. The summed E-state index contributed by atoms with van der Waals surface area (Å²) >= 11 is 0. The van der Waals surface area contributed by atoms with Crippen LogP contribution in [0.3, 0.4) is 0 Å². The topological polar surface area (TPSA) is 67.1 Å². The Bertz CT molecular complexity index is 669. The van der Waals surface area contributed by atoms with Crippen LogP contribution in [0, 0.1) is 13.8 Å². The summed E-state index contributed by atoms with van der Waals surface area (Å²) in [6.45, 7) is 13.1. The zero-order valence-corrected chi connectivity index (χ0v) is 18.7. The Kier molecular flexibility index (Phi) is 9.61. The van der Waals surface area contributed by atoms with Crippen molar-refractivity contribution in [1.82, 2.24) is 5.32 Å². The lowest BCUT2D eigenvalue weighted by Crippen LogP contribution is -3.28. The van der Waals surface area contributed by atoms with Crippen molar-refractivity contribution in [3.05, 3.63) is 29.3 Å². The highest BCUT2D eigenvalue weighted by Crippen LogP contribution is 2.17. The third-order valence-corrected chi connectivity index (χ3v) is 6.01. The monoisotopic (exact) mass is 404 g/mol. The first-order valence-electron chi connectivity index (χ1n) is 11.2. The number of amides is 2. The zero-order chi connectivity index (χ0) is 21.2. The third-order valence-electron chi connectivity index (χ3n) is 6.01. The Morgan fingerprint density at radius 1 is 1.00 bits per heavy atom. The first kappa shape index (κ1) is 23.4. The lowest BCUT2D eigenvalue weighted by Gasteiger charge is -2.29. The highest BCUT2D eigenvalue weighted by molar-refractivity contribution is 5.92. The molecule has 0 bridgehead atoms. The molecule has 1 aromatic carbocycles.